The van der Waals surface area contributed by atoms with Crippen LogP contribution < -0.4 is 0 Å². The Morgan fingerprint density at radius 2 is 1.44 bits per heavy atom. The van der Waals surface area contributed by atoms with Gasteiger partial charge in [0.15, 0.2) is 0 Å². The van der Waals surface area contributed by atoms with Crippen LogP contribution in [0.1, 0.15) is 32.1 Å². The van der Waals surface area contributed by atoms with Crippen molar-refractivity contribution in [1.82, 2.24) is 0 Å². The van der Waals surface area contributed by atoms with Crippen LogP contribution in [0.5, 0.6) is 0 Å². The van der Waals surface area contributed by atoms with Crippen LogP contribution in [0.3, 0.4) is 0 Å². The van der Waals surface area contributed by atoms with E-state index in [0.717, 1.165) is 12.8 Å². The van der Waals surface area contributed by atoms with Crippen LogP contribution in [0.15, 0.2) is 13.2 Å². The van der Waals surface area contributed by atoms with Crippen molar-refractivity contribution >= 4 is 0 Å². The summed E-state index contributed by atoms with van der Waals surface area (Å²) in [5, 5.41) is 8.91. The molecule has 0 amide bonds. The van der Waals surface area contributed by atoms with Crippen molar-refractivity contribution in [2.24, 2.45) is 0 Å². The highest BCUT2D eigenvalue weighted by Crippen LogP contribution is 2.16. The van der Waals surface area contributed by atoms with Gasteiger partial charge in [0.05, 0.1) is 6.10 Å². The van der Waals surface area contributed by atoms with Crippen molar-refractivity contribution in [1.29, 1.82) is 0 Å². The highest BCUT2D eigenvalue weighted by atomic mass is 16.3. The molecule has 0 aliphatic heterocycles. The summed E-state index contributed by atoms with van der Waals surface area (Å²) in [5.41, 5.74) is 0. The molecular formula is C8H16O. The molecule has 1 N–H and O–H groups in total. The standard InChI is InChI=1S/C6H12O.C2H4/c7-6-4-2-1-3-5-6;1-2/h6-7H,1-5H2;1-2H2. The molecule has 54 valence electrons. The van der Waals surface area contributed by atoms with E-state index in [2.05, 4.69) is 13.2 Å². The molecule has 9 heavy (non-hydrogen) atoms. The van der Waals surface area contributed by atoms with Gasteiger partial charge in [0.25, 0.3) is 0 Å². The molecule has 0 spiro atoms. The van der Waals surface area contributed by atoms with E-state index in [1.165, 1.54) is 19.3 Å². The largest absolute Gasteiger partial charge is 0.393 e. The van der Waals surface area contributed by atoms with Crippen molar-refractivity contribution < 1.29 is 5.11 Å². The summed E-state index contributed by atoms with van der Waals surface area (Å²) < 4.78 is 0. The third kappa shape index (κ3) is 4.22. The molecule has 0 aromatic heterocycles. The molecule has 1 saturated carbocycles. The maximum absolute atomic E-state index is 8.91. The first-order valence-electron chi connectivity index (χ1n) is 3.57. The molecule has 0 heterocycles. The van der Waals surface area contributed by atoms with Gasteiger partial charge in [-0.2, -0.15) is 0 Å². The van der Waals surface area contributed by atoms with E-state index in [-0.39, 0.29) is 6.10 Å². The van der Waals surface area contributed by atoms with Gasteiger partial charge in [-0.3, -0.25) is 0 Å². The highest BCUT2D eigenvalue weighted by molar-refractivity contribution is 4.61. The van der Waals surface area contributed by atoms with E-state index in [9.17, 15) is 0 Å². The lowest BCUT2D eigenvalue weighted by Gasteiger charge is -2.14. The maximum Gasteiger partial charge on any atom is 0.0540 e. The van der Waals surface area contributed by atoms with Crippen molar-refractivity contribution in [3.05, 3.63) is 13.2 Å². The smallest absolute Gasteiger partial charge is 0.0540 e. The predicted octanol–water partition coefficient (Wildman–Crippen LogP) is 2.11. The molecule has 0 bridgehead atoms. The van der Waals surface area contributed by atoms with Gasteiger partial charge in [0, 0.05) is 0 Å². The first-order valence-corrected chi connectivity index (χ1v) is 3.57. The molecule has 1 aliphatic carbocycles. The summed E-state index contributed by atoms with van der Waals surface area (Å²) in [5.74, 6) is 0. The fourth-order valence-corrected chi connectivity index (χ4v) is 1.08. The minimum atomic E-state index is 0.0359. The Kier molecular flexibility index (Phi) is 5.64. The van der Waals surface area contributed by atoms with Crippen LogP contribution in [0.4, 0.5) is 0 Å². The average molecular weight is 128 g/mol. The Morgan fingerprint density at radius 1 is 1.00 bits per heavy atom. The molecular weight excluding hydrogens is 112 g/mol. The molecule has 0 aromatic rings. The van der Waals surface area contributed by atoms with Crippen molar-refractivity contribution in [2.75, 3.05) is 0 Å². The van der Waals surface area contributed by atoms with Crippen LogP contribution in [-0.4, -0.2) is 11.2 Å². The van der Waals surface area contributed by atoms with Crippen LogP contribution in [-0.2, 0) is 0 Å². The second-order valence-electron chi connectivity index (χ2n) is 2.29. The molecule has 0 unspecified atom stereocenters. The Bertz CT molecular complexity index is 55.6. The van der Waals surface area contributed by atoms with E-state index in [0.29, 0.717) is 0 Å². The monoisotopic (exact) mass is 128 g/mol. The lowest BCUT2D eigenvalue weighted by Crippen LogP contribution is -2.09. The molecule has 1 rings (SSSR count). The number of hydrogen-bond acceptors (Lipinski definition) is 1. The average Bonchev–Trinajstić information content (AvgIpc) is 1.94. The van der Waals surface area contributed by atoms with E-state index < -0.39 is 0 Å². The summed E-state index contributed by atoms with van der Waals surface area (Å²) >= 11 is 0. The number of aliphatic hydroxyl groups excluding tert-OH is 1. The van der Waals surface area contributed by atoms with Crippen LogP contribution in [0, 0.1) is 0 Å². The molecule has 1 heteroatoms. The normalized spacial score (nSPS) is 20.1. The van der Waals surface area contributed by atoms with E-state index in [1.54, 1.807) is 0 Å². The lowest BCUT2D eigenvalue weighted by molar-refractivity contribution is 0.130. The Morgan fingerprint density at radius 3 is 1.67 bits per heavy atom. The molecule has 1 nitrogen and oxygen atoms in total. The number of rotatable bonds is 0. The Balaban J connectivity index is 0.000000291. The van der Waals surface area contributed by atoms with Gasteiger partial charge in [-0.1, -0.05) is 19.3 Å². The zero-order valence-corrected chi connectivity index (χ0v) is 5.97. The fraction of sp³-hybridized carbons (Fsp3) is 0.750. The van der Waals surface area contributed by atoms with Crippen LogP contribution in [0.25, 0.3) is 0 Å². The summed E-state index contributed by atoms with van der Waals surface area (Å²) in [6, 6.07) is 0. The Labute approximate surface area is 57.4 Å². The second-order valence-corrected chi connectivity index (χ2v) is 2.29. The van der Waals surface area contributed by atoms with Crippen molar-refractivity contribution in [3.63, 3.8) is 0 Å². The zero-order valence-electron chi connectivity index (χ0n) is 5.97. The van der Waals surface area contributed by atoms with Crippen LogP contribution >= 0.6 is 0 Å². The molecule has 0 aromatic carbocycles. The molecule has 0 atom stereocenters. The van der Waals surface area contributed by atoms with Gasteiger partial charge in [0.1, 0.15) is 0 Å². The maximum atomic E-state index is 8.91. The lowest BCUT2D eigenvalue weighted by atomic mass is 9.98. The number of hydrogen-bond donors (Lipinski definition) is 1. The van der Waals surface area contributed by atoms with Gasteiger partial charge in [-0.05, 0) is 12.8 Å². The first kappa shape index (κ1) is 8.70. The summed E-state index contributed by atoms with van der Waals surface area (Å²) in [6.07, 6.45) is 5.92. The first-order chi connectivity index (χ1) is 4.39. The third-order valence-electron chi connectivity index (χ3n) is 1.57. The highest BCUT2D eigenvalue weighted by Gasteiger charge is 2.07. The van der Waals surface area contributed by atoms with Gasteiger partial charge in [-0.25, -0.2) is 0 Å². The summed E-state index contributed by atoms with van der Waals surface area (Å²) in [7, 11) is 0. The van der Waals surface area contributed by atoms with E-state index in [4.69, 9.17) is 5.11 Å². The van der Waals surface area contributed by atoms with E-state index >= 15 is 0 Å². The third-order valence-corrected chi connectivity index (χ3v) is 1.57. The van der Waals surface area contributed by atoms with Gasteiger partial charge in [0.2, 0.25) is 0 Å². The quantitative estimate of drug-likeness (QED) is 0.495. The molecule has 0 saturated heterocycles. The zero-order chi connectivity index (χ0) is 7.11. The second kappa shape index (κ2) is 5.83. The SMILES string of the molecule is C=C.OC1CCCCC1. The molecule has 1 fully saturated rings. The van der Waals surface area contributed by atoms with Crippen molar-refractivity contribution in [3.8, 4) is 0 Å². The summed E-state index contributed by atoms with van der Waals surface area (Å²) in [4.78, 5) is 0. The predicted molar refractivity (Wildman–Crippen MR) is 40.3 cm³/mol. The van der Waals surface area contributed by atoms with Gasteiger partial charge >= 0.3 is 0 Å². The fourth-order valence-electron chi connectivity index (χ4n) is 1.08. The number of aliphatic hydroxyl groups is 1. The van der Waals surface area contributed by atoms with Gasteiger partial charge < -0.3 is 5.11 Å². The minimum absolute atomic E-state index is 0.0359. The molecule has 0 radical (unpaired) electrons. The Hall–Kier alpha value is -0.300. The summed E-state index contributed by atoms with van der Waals surface area (Å²) in [6.45, 7) is 6.00. The van der Waals surface area contributed by atoms with Crippen molar-refractivity contribution in [2.45, 2.75) is 38.2 Å². The molecule has 1 aliphatic rings. The van der Waals surface area contributed by atoms with E-state index in [1.807, 2.05) is 0 Å². The topological polar surface area (TPSA) is 20.2 Å². The van der Waals surface area contributed by atoms with Crippen LogP contribution in [0.2, 0.25) is 0 Å². The minimum Gasteiger partial charge on any atom is -0.393 e. The van der Waals surface area contributed by atoms with Gasteiger partial charge in [-0.15, -0.1) is 13.2 Å².